The van der Waals surface area contributed by atoms with E-state index >= 15 is 0 Å². The monoisotopic (exact) mass is 195 g/mol. The van der Waals surface area contributed by atoms with Crippen molar-refractivity contribution in [3.63, 3.8) is 0 Å². The molecule has 1 amide bonds. The molecule has 1 N–H and O–H groups in total. The van der Waals surface area contributed by atoms with Gasteiger partial charge < -0.3 is 4.74 Å². The molecule has 1 aliphatic carbocycles. The second-order valence-corrected chi connectivity index (χ2v) is 2.98. The van der Waals surface area contributed by atoms with Crippen molar-refractivity contribution < 1.29 is 11.0 Å². The van der Waals surface area contributed by atoms with E-state index in [2.05, 4.69) is 17.5 Å². The summed E-state index contributed by atoms with van der Waals surface area (Å²) in [6.45, 7) is 2.17. The van der Waals surface area contributed by atoms with Crippen LogP contribution in [0.3, 0.4) is 0 Å². The van der Waals surface area contributed by atoms with E-state index in [9.17, 15) is 4.79 Å². The topological polar surface area (TPSA) is 38.3 Å². The van der Waals surface area contributed by atoms with E-state index in [0.29, 0.717) is 6.61 Å². The number of hydrogen-bond donors (Lipinski definition) is 1. The van der Waals surface area contributed by atoms with Gasteiger partial charge in [-0.05, 0) is 25.3 Å². The van der Waals surface area contributed by atoms with Crippen LogP contribution in [0.5, 0.6) is 0 Å². The second kappa shape index (κ2) is 6.02. The van der Waals surface area contributed by atoms with E-state index in [1.54, 1.807) is 12.3 Å². The van der Waals surface area contributed by atoms with E-state index < -0.39 is 6.09 Å². The van der Waals surface area contributed by atoms with Crippen LogP contribution >= 0.6 is 0 Å². The van der Waals surface area contributed by atoms with Gasteiger partial charge in [-0.1, -0.05) is 24.3 Å². The zero-order valence-electron chi connectivity index (χ0n) is 8.32. The fraction of sp³-hybridized carbons (Fsp3) is 0.364. The molecule has 0 saturated heterocycles. The Balaban J connectivity index is 0.00000196. The minimum Gasteiger partial charge on any atom is -0.444 e. The van der Waals surface area contributed by atoms with Gasteiger partial charge in [0, 0.05) is 7.63 Å². The Morgan fingerprint density at radius 1 is 1.71 bits per heavy atom. The molecule has 78 valence electrons. The molecule has 0 aromatic heterocycles. The highest BCUT2D eigenvalue weighted by atomic mass is 16.5. The summed E-state index contributed by atoms with van der Waals surface area (Å²) in [5.74, 6) is 0. The van der Waals surface area contributed by atoms with Gasteiger partial charge in [0.15, 0.2) is 0 Å². The summed E-state index contributed by atoms with van der Waals surface area (Å²) in [6.07, 6.45) is 11.1. The second-order valence-electron chi connectivity index (χ2n) is 2.98. The highest BCUT2D eigenvalue weighted by Gasteiger charge is 2.01. The smallest absolute Gasteiger partial charge is 0.411 e. The van der Waals surface area contributed by atoms with Crippen molar-refractivity contribution in [2.24, 2.45) is 0 Å². The number of ether oxygens (including phenoxy) is 1. The van der Waals surface area contributed by atoms with E-state index in [4.69, 9.17) is 4.74 Å². The number of amides is 1. The molecule has 0 saturated carbocycles. The molecule has 0 heterocycles. The van der Waals surface area contributed by atoms with Crippen LogP contribution in [0, 0.1) is 0 Å². The van der Waals surface area contributed by atoms with Gasteiger partial charge in [-0.15, -0.1) is 0 Å². The molecule has 0 fully saturated rings. The first-order chi connectivity index (χ1) is 6.83. The Morgan fingerprint density at radius 2 is 2.57 bits per heavy atom. The van der Waals surface area contributed by atoms with Crippen molar-refractivity contribution in [2.45, 2.75) is 19.8 Å². The van der Waals surface area contributed by atoms with Crippen LogP contribution in [0.15, 0.2) is 36.1 Å². The molecule has 3 nitrogen and oxygen atoms in total. The Hall–Kier alpha value is -1.51. The number of carbonyl (C=O) groups is 1. The maximum absolute atomic E-state index is 11.0. The molecule has 1 rings (SSSR count). The summed E-state index contributed by atoms with van der Waals surface area (Å²) >= 11 is 0. The molecule has 0 unspecified atom stereocenters. The molecular formula is C11H17NO2. The summed E-state index contributed by atoms with van der Waals surface area (Å²) in [4.78, 5) is 11.0. The first-order valence-electron chi connectivity index (χ1n) is 4.73. The lowest BCUT2D eigenvalue weighted by Gasteiger charge is -2.07. The van der Waals surface area contributed by atoms with Gasteiger partial charge >= 0.3 is 6.09 Å². The van der Waals surface area contributed by atoms with Crippen molar-refractivity contribution in [1.82, 2.24) is 5.32 Å². The quantitative estimate of drug-likeness (QED) is 0.752. The van der Waals surface area contributed by atoms with Gasteiger partial charge in [0.25, 0.3) is 0 Å². The number of carbonyl (C=O) groups excluding carboxylic acids is 1. The molecule has 0 aliphatic heterocycles. The minimum atomic E-state index is -0.414. The largest absolute Gasteiger partial charge is 0.444 e. The summed E-state index contributed by atoms with van der Waals surface area (Å²) < 4.78 is 4.96. The van der Waals surface area contributed by atoms with Gasteiger partial charge in [-0.2, -0.15) is 0 Å². The summed E-state index contributed by atoms with van der Waals surface area (Å²) in [5, 5.41) is 2.48. The fourth-order valence-electron chi connectivity index (χ4n) is 1.12. The lowest BCUT2D eigenvalue weighted by atomic mass is 10.1. The average Bonchev–Trinajstić information content (AvgIpc) is 2.25. The van der Waals surface area contributed by atoms with E-state index in [1.165, 1.54) is 0 Å². The third-order valence-electron chi connectivity index (χ3n) is 1.81. The van der Waals surface area contributed by atoms with Crippen molar-refractivity contribution >= 4 is 6.09 Å². The molecule has 3 heteroatoms. The fourth-order valence-corrected chi connectivity index (χ4v) is 1.12. The molecule has 14 heavy (non-hydrogen) atoms. The molecule has 0 spiro atoms. The Morgan fingerprint density at radius 3 is 3.21 bits per heavy atom. The van der Waals surface area contributed by atoms with Crippen LogP contribution in [0.2, 0.25) is 0 Å². The zero-order chi connectivity index (χ0) is 10.2. The maximum atomic E-state index is 11.0. The van der Waals surface area contributed by atoms with Gasteiger partial charge in [-0.3, -0.25) is 5.32 Å². The number of nitrogens with one attached hydrogen (secondary N) is 1. The molecule has 0 atom stereocenters. The zero-order valence-corrected chi connectivity index (χ0v) is 8.32. The van der Waals surface area contributed by atoms with Crippen molar-refractivity contribution in [2.75, 3.05) is 6.61 Å². The van der Waals surface area contributed by atoms with Gasteiger partial charge in [0.2, 0.25) is 0 Å². The van der Waals surface area contributed by atoms with Crippen LogP contribution in [0.4, 0.5) is 4.79 Å². The van der Waals surface area contributed by atoms with Crippen molar-refractivity contribution in [1.29, 1.82) is 0 Å². The molecular weight excluding hydrogens is 178 g/mol. The Labute approximate surface area is 85.6 Å². The van der Waals surface area contributed by atoms with E-state index in [0.717, 1.165) is 18.4 Å². The average molecular weight is 195 g/mol. The Kier molecular flexibility index (Phi) is 4.55. The first-order valence-corrected chi connectivity index (χ1v) is 4.73. The lowest BCUT2D eigenvalue weighted by molar-refractivity contribution is 0.160. The molecule has 1 aliphatic rings. The third kappa shape index (κ3) is 3.94. The van der Waals surface area contributed by atoms with Crippen LogP contribution in [-0.4, -0.2) is 12.7 Å². The summed E-state index contributed by atoms with van der Waals surface area (Å²) in [6, 6.07) is 0. The Bertz CT molecular complexity index is 282. The predicted octanol–water partition coefficient (Wildman–Crippen LogP) is 2.77. The number of rotatable bonds is 3. The van der Waals surface area contributed by atoms with Gasteiger partial charge in [0.1, 0.15) is 6.61 Å². The number of hydrogen-bond acceptors (Lipinski definition) is 2. The lowest BCUT2D eigenvalue weighted by Crippen LogP contribution is -2.19. The molecule has 0 aromatic rings. The van der Waals surface area contributed by atoms with Crippen LogP contribution in [-0.2, 0) is 4.74 Å². The highest BCUT2D eigenvalue weighted by Crippen LogP contribution is 2.09. The summed E-state index contributed by atoms with van der Waals surface area (Å²) in [7, 11) is 0. The van der Waals surface area contributed by atoms with Gasteiger partial charge in [-0.25, -0.2) is 4.79 Å². The number of allylic oxidation sites excluding steroid dienone is 3. The molecule has 0 aromatic carbocycles. The van der Waals surface area contributed by atoms with Crippen LogP contribution in [0.1, 0.15) is 21.2 Å². The first kappa shape index (κ1) is 10.6. The van der Waals surface area contributed by atoms with Crippen molar-refractivity contribution in [3.8, 4) is 0 Å². The third-order valence-corrected chi connectivity index (χ3v) is 1.81. The normalized spacial score (nSPS) is 15.4. The van der Waals surface area contributed by atoms with E-state index in [-0.39, 0.29) is 1.43 Å². The predicted molar refractivity (Wildman–Crippen MR) is 57.9 cm³/mol. The number of alkyl carbamates (subject to hydrolysis) is 1. The standard InChI is InChI=1S/C11H15NO2.H2/c1-2-8-12-11(13)14-9-10-6-4-3-5-7-10;/h2,4,6-8H,3,5,9H2,1H3,(H,12,13);1H/b8-2+;. The highest BCUT2D eigenvalue weighted by molar-refractivity contribution is 5.68. The maximum Gasteiger partial charge on any atom is 0.411 e. The SMILES string of the molecule is C/C=C/NC(=O)OCC1=CCCC=C1.[HH]. The van der Waals surface area contributed by atoms with Crippen LogP contribution < -0.4 is 5.32 Å². The molecule has 0 radical (unpaired) electrons. The van der Waals surface area contributed by atoms with Gasteiger partial charge in [0.05, 0.1) is 0 Å². The van der Waals surface area contributed by atoms with Crippen LogP contribution in [0.25, 0.3) is 0 Å². The minimum absolute atomic E-state index is 0. The molecule has 0 bridgehead atoms. The summed E-state index contributed by atoms with van der Waals surface area (Å²) in [5.41, 5.74) is 1.06. The van der Waals surface area contributed by atoms with Crippen molar-refractivity contribution in [3.05, 3.63) is 36.1 Å². The van der Waals surface area contributed by atoms with E-state index in [1.807, 2.05) is 13.0 Å².